The standard InChI is InChI=1S/2C27H25N3O7S/c2*1-37-16-4-2-5-17(13-16)38(35,36)30-15-8-10-21-19(12-15)20(27(34)29-21)14-23-18(9-11-25(32)33)26-22(28-23)6-3-7-24(26)31/h2*2,4-5,8,10,12-14,28,30H,3,6-7,9,11H2,1H3,(H,29,34)(H,32,33)/b20-14-;. The first kappa shape index (κ1) is 52.1. The summed E-state index contributed by atoms with van der Waals surface area (Å²) >= 11 is 0. The lowest BCUT2D eigenvalue weighted by molar-refractivity contribution is -0.138. The Bertz CT molecular complexity index is 3480. The fraction of sp³-hybridized carbons (Fsp3) is 0.222. The predicted molar refractivity (Wildman–Crippen MR) is 282 cm³/mol. The number of ketones is 2. The van der Waals surface area contributed by atoms with Crippen molar-refractivity contribution in [3.8, 4) is 11.5 Å². The van der Waals surface area contributed by atoms with Crippen molar-refractivity contribution >= 4 is 101 Å². The zero-order valence-electron chi connectivity index (χ0n) is 40.9. The van der Waals surface area contributed by atoms with Crippen LogP contribution >= 0.6 is 0 Å². The number of carboxylic acids is 2. The molecule has 0 radical (unpaired) electrons. The van der Waals surface area contributed by atoms with Crippen LogP contribution in [-0.2, 0) is 64.9 Å². The van der Waals surface area contributed by atoms with Gasteiger partial charge in [0, 0.05) is 106 Å². The molecule has 4 aromatic carbocycles. The Balaban J connectivity index is 0.000000186. The lowest BCUT2D eigenvalue weighted by atomic mass is 9.91. The van der Waals surface area contributed by atoms with E-state index in [1.165, 1.54) is 38.5 Å². The van der Waals surface area contributed by atoms with Crippen molar-refractivity contribution in [2.45, 2.75) is 74.0 Å². The van der Waals surface area contributed by atoms with Gasteiger partial charge in [0.05, 0.1) is 35.2 Å². The van der Waals surface area contributed by atoms with E-state index in [0.717, 1.165) is 11.4 Å². The van der Waals surface area contributed by atoms with Crippen molar-refractivity contribution in [2.24, 2.45) is 0 Å². The molecule has 2 aliphatic heterocycles. The number of carbonyl (C=O) groups is 6. The van der Waals surface area contributed by atoms with Crippen LogP contribution < -0.4 is 29.6 Å². The molecule has 76 heavy (non-hydrogen) atoms. The topological polar surface area (TPSA) is 309 Å². The SMILES string of the molecule is COc1cccc(S(=O)(=O)Nc2ccc3c(c2)/C(=C/c2[nH]c4c(c2CCC(=O)O)C(=O)CCC4)C(=O)N3)c1.COc1cccc(S(=O)(=O)Nc2ccc3c(c2)C(=Cc2[nH]c4c(c2CCC(=O)O)C(=O)CCC4)C(=O)N3)c1. The molecule has 6 aromatic rings. The highest BCUT2D eigenvalue weighted by molar-refractivity contribution is 7.93. The summed E-state index contributed by atoms with van der Waals surface area (Å²) in [5.41, 5.74) is 7.69. The van der Waals surface area contributed by atoms with E-state index in [1.807, 2.05) is 0 Å². The third-order valence-corrected chi connectivity index (χ3v) is 16.0. The predicted octanol–water partition coefficient (Wildman–Crippen LogP) is 7.71. The van der Waals surface area contributed by atoms with Crippen LogP contribution in [0.3, 0.4) is 0 Å². The number of hydrogen-bond acceptors (Lipinski definition) is 12. The normalized spacial score (nSPS) is 15.7. The fourth-order valence-electron chi connectivity index (χ4n) is 9.66. The van der Waals surface area contributed by atoms with Gasteiger partial charge in [-0.1, -0.05) is 12.1 Å². The van der Waals surface area contributed by atoms with Crippen LogP contribution in [0.25, 0.3) is 23.3 Å². The highest BCUT2D eigenvalue weighted by Gasteiger charge is 2.32. The minimum Gasteiger partial charge on any atom is -0.497 e. The van der Waals surface area contributed by atoms with E-state index in [9.17, 15) is 55.8 Å². The molecule has 2 aliphatic carbocycles. The number of aryl methyl sites for hydroxylation is 2. The summed E-state index contributed by atoms with van der Waals surface area (Å²) in [4.78, 5) is 80.2. The highest BCUT2D eigenvalue weighted by Crippen LogP contribution is 2.40. The second-order valence-corrected chi connectivity index (χ2v) is 21.6. The zero-order chi connectivity index (χ0) is 54.1. The molecule has 2 aromatic heterocycles. The molecule has 0 saturated carbocycles. The molecule has 4 heterocycles. The number of anilines is 4. The van der Waals surface area contributed by atoms with E-state index in [4.69, 9.17) is 9.47 Å². The molecule has 0 bridgehead atoms. The molecule has 0 fully saturated rings. The monoisotopic (exact) mass is 1070 g/mol. The van der Waals surface area contributed by atoms with Gasteiger partial charge in [0.1, 0.15) is 11.5 Å². The van der Waals surface area contributed by atoms with E-state index in [0.29, 0.717) is 106 Å². The van der Waals surface area contributed by atoms with Crippen molar-refractivity contribution < 1.29 is 65.3 Å². The number of rotatable bonds is 16. The summed E-state index contributed by atoms with van der Waals surface area (Å²) in [5.74, 6) is -2.05. The van der Waals surface area contributed by atoms with Gasteiger partial charge in [-0.05, 0) is 122 Å². The number of fused-ring (bicyclic) bond motifs is 4. The number of aliphatic carboxylic acids is 2. The van der Waals surface area contributed by atoms with Gasteiger partial charge in [-0.2, -0.15) is 0 Å². The lowest BCUT2D eigenvalue weighted by Gasteiger charge is -2.11. The average molecular weight is 1070 g/mol. The first-order valence-corrected chi connectivity index (χ1v) is 26.9. The molecule has 4 aliphatic rings. The van der Waals surface area contributed by atoms with E-state index >= 15 is 0 Å². The molecule has 2 amide bonds. The number of ether oxygens (including phenoxy) is 2. The van der Waals surface area contributed by atoms with Gasteiger partial charge in [0.25, 0.3) is 31.9 Å². The van der Waals surface area contributed by atoms with Crippen molar-refractivity contribution in [3.63, 3.8) is 0 Å². The minimum absolute atomic E-state index is 0.0204. The number of aromatic amines is 2. The fourth-order valence-corrected chi connectivity index (χ4v) is 11.8. The van der Waals surface area contributed by atoms with Crippen molar-refractivity contribution in [1.29, 1.82) is 0 Å². The van der Waals surface area contributed by atoms with Crippen LogP contribution in [0.2, 0.25) is 0 Å². The molecule has 0 unspecified atom stereocenters. The first-order chi connectivity index (χ1) is 36.3. The lowest BCUT2D eigenvalue weighted by Crippen LogP contribution is -2.13. The smallest absolute Gasteiger partial charge is 0.303 e. The van der Waals surface area contributed by atoms with Crippen molar-refractivity contribution in [2.75, 3.05) is 34.3 Å². The molecular weight excluding hydrogens is 1020 g/mol. The number of Topliss-reactive ketones (excluding diaryl/α,β-unsaturated/α-hetero) is 2. The first-order valence-electron chi connectivity index (χ1n) is 24.0. The molecule has 8 N–H and O–H groups in total. The Kier molecular flexibility index (Phi) is 14.6. The van der Waals surface area contributed by atoms with Crippen molar-refractivity contribution in [3.05, 3.63) is 141 Å². The van der Waals surface area contributed by atoms with Crippen LogP contribution in [0.4, 0.5) is 22.7 Å². The Hall–Kier alpha value is -8.76. The van der Waals surface area contributed by atoms with E-state index in [-0.39, 0.29) is 69.6 Å². The number of benzene rings is 4. The molecular formula is C54H50N6O14S2. The van der Waals surface area contributed by atoms with Crippen molar-refractivity contribution in [1.82, 2.24) is 9.97 Å². The Morgan fingerprint density at radius 3 is 1.37 bits per heavy atom. The van der Waals surface area contributed by atoms with Crippen LogP contribution in [0.1, 0.15) is 104 Å². The van der Waals surface area contributed by atoms with Gasteiger partial charge in [-0.3, -0.25) is 38.2 Å². The summed E-state index contributed by atoms with van der Waals surface area (Å²) in [6.07, 6.45) is 6.65. The van der Waals surface area contributed by atoms with Crippen LogP contribution in [0, 0.1) is 0 Å². The molecule has 22 heteroatoms. The van der Waals surface area contributed by atoms with Gasteiger partial charge >= 0.3 is 11.9 Å². The van der Waals surface area contributed by atoms with E-state index in [2.05, 4.69) is 30.0 Å². The quantitative estimate of drug-likeness (QED) is 0.0431. The second kappa shape index (κ2) is 21.2. The molecule has 0 spiro atoms. The van der Waals surface area contributed by atoms with E-state index < -0.39 is 43.8 Å². The maximum Gasteiger partial charge on any atom is 0.303 e. The maximum atomic E-state index is 13.0. The van der Waals surface area contributed by atoms with Gasteiger partial charge < -0.3 is 40.3 Å². The van der Waals surface area contributed by atoms with Gasteiger partial charge in [-0.25, -0.2) is 16.8 Å². The summed E-state index contributed by atoms with van der Waals surface area (Å²) in [5, 5.41) is 24.0. The largest absolute Gasteiger partial charge is 0.497 e. The minimum atomic E-state index is -3.94. The number of H-pyrrole nitrogens is 2. The molecule has 10 rings (SSSR count). The number of sulfonamides is 2. The molecule has 392 valence electrons. The summed E-state index contributed by atoms with van der Waals surface area (Å²) in [6.45, 7) is 0. The number of carboxylic acid groups (broad SMARTS) is 2. The third kappa shape index (κ3) is 10.9. The second-order valence-electron chi connectivity index (χ2n) is 18.2. The Labute approximate surface area is 435 Å². The van der Waals surface area contributed by atoms with Crippen LogP contribution in [-0.4, -0.2) is 86.6 Å². The van der Waals surface area contributed by atoms with Crippen LogP contribution in [0.5, 0.6) is 11.5 Å². The van der Waals surface area contributed by atoms with E-state index in [1.54, 1.807) is 72.8 Å². The summed E-state index contributed by atoms with van der Waals surface area (Å²) in [7, 11) is -4.98. The number of carbonyl (C=O) groups excluding carboxylic acids is 4. The average Bonchev–Trinajstić information content (AvgIpc) is 4.12. The van der Waals surface area contributed by atoms with Gasteiger partial charge in [0.15, 0.2) is 11.6 Å². The van der Waals surface area contributed by atoms with Gasteiger partial charge in [0.2, 0.25) is 0 Å². The number of hydrogen-bond donors (Lipinski definition) is 8. The Morgan fingerprint density at radius 2 is 0.987 bits per heavy atom. The molecule has 20 nitrogen and oxygen atoms in total. The summed E-state index contributed by atoms with van der Waals surface area (Å²) in [6, 6.07) is 21.5. The number of aromatic nitrogens is 2. The molecule has 0 atom stereocenters. The number of amides is 2. The number of methoxy groups -OCH3 is 2. The number of nitrogens with one attached hydrogen (secondary N) is 6. The molecule has 0 saturated heterocycles. The maximum absolute atomic E-state index is 13.0. The third-order valence-electron chi connectivity index (χ3n) is 13.2. The van der Waals surface area contributed by atoms with Crippen LogP contribution in [0.15, 0.2) is 94.7 Å². The highest BCUT2D eigenvalue weighted by atomic mass is 32.2. The van der Waals surface area contributed by atoms with Gasteiger partial charge in [-0.15, -0.1) is 0 Å². The zero-order valence-corrected chi connectivity index (χ0v) is 42.6. The summed E-state index contributed by atoms with van der Waals surface area (Å²) < 4.78 is 67.2. The Morgan fingerprint density at radius 1 is 0.579 bits per heavy atom.